The summed E-state index contributed by atoms with van der Waals surface area (Å²) < 4.78 is 4.89. The number of nitrogens with zero attached hydrogens (tertiary/aromatic N) is 6. The maximum Gasteiger partial charge on any atom is 0.306 e. The lowest BCUT2D eigenvalue weighted by atomic mass is 9.96. The van der Waals surface area contributed by atoms with Crippen molar-refractivity contribution in [3.05, 3.63) is 71.4 Å². The van der Waals surface area contributed by atoms with Crippen molar-refractivity contribution in [3.63, 3.8) is 0 Å². The van der Waals surface area contributed by atoms with Crippen molar-refractivity contribution < 1.29 is 19.1 Å². The quantitative estimate of drug-likeness (QED) is 0.433. The van der Waals surface area contributed by atoms with Gasteiger partial charge in [-0.3, -0.25) is 19.4 Å². The second-order valence-electron chi connectivity index (χ2n) is 10.4. The van der Waals surface area contributed by atoms with Crippen LogP contribution in [0.15, 0.2) is 48.9 Å². The minimum absolute atomic E-state index is 0.00365. The predicted molar refractivity (Wildman–Crippen MR) is 152 cm³/mol. The Labute approximate surface area is 234 Å². The zero-order chi connectivity index (χ0) is 28.4. The lowest BCUT2D eigenvalue weighted by Gasteiger charge is -2.39. The molecule has 2 aliphatic rings. The molecule has 2 amide bonds. The Morgan fingerprint density at radius 2 is 1.82 bits per heavy atom. The molecule has 2 aromatic heterocycles. The van der Waals surface area contributed by atoms with Crippen LogP contribution >= 0.6 is 0 Å². The summed E-state index contributed by atoms with van der Waals surface area (Å²) in [6.07, 6.45) is 4.88. The number of esters is 1. The molecular formula is C30H34N6O4. The number of pyridine rings is 1. The number of carbonyl (C=O) groups is 3. The zero-order valence-electron chi connectivity index (χ0n) is 23.3. The van der Waals surface area contributed by atoms with Gasteiger partial charge in [-0.2, -0.15) is 0 Å². The molecule has 1 unspecified atom stereocenters. The van der Waals surface area contributed by atoms with Crippen LogP contribution in [0.5, 0.6) is 0 Å². The first-order valence-electron chi connectivity index (χ1n) is 13.5. The van der Waals surface area contributed by atoms with E-state index >= 15 is 0 Å². The number of aryl methyl sites for hydroxylation is 2. The number of methoxy groups -OCH3 is 1. The number of rotatable bonds is 6. The van der Waals surface area contributed by atoms with Gasteiger partial charge >= 0.3 is 5.97 Å². The number of amides is 2. The van der Waals surface area contributed by atoms with Crippen LogP contribution in [0.2, 0.25) is 0 Å². The van der Waals surface area contributed by atoms with Gasteiger partial charge in [0, 0.05) is 56.5 Å². The fraction of sp³-hybridized carbons (Fsp3) is 0.400. The van der Waals surface area contributed by atoms with Gasteiger partial charge in [0.15, 0.2) is 0 Å². The van der Waals surface area contributed by atoms with Gasteiger partial charge in [0.1, 0.15) is 17.8 Å². The first-order valence-corrected chi connectivity index (χ1v) is 13.5. The number of aromatic nitrogens is 3. The van der Waals surface area contributed by atoms with Gasteiger partial charge < -0.3 is 19.4 Å². The van der Waals surface area contributed by atoms with E-state index in [1.54, 1.807) is 24.1 Å². The predicted octanol–water partition coefficient (Wildman–Crippen LogP) is 3.82. The molecule has 10 heteroatoms. The molecule has 0 aliphatic carbocycles. The summed E-state index contributed by atoms with van der Waals surface area (Å²) in [5.74, 6) is 0.000795. The highest BCUT2D eigenvalue weighted by molar-refractivity contribution is 6.06. The Balaban J connectivity index is 1.31. The minimum Gasteiger partial charge on any atom is -0.469 e. The third-order valence-corrected chi connectivity index (χ3v) is 7.81. The molecule has 2 aliphatic heterocycles. The van der Waals surface area contributed by atoms with Crippen LogP contribution in [-0.2, 0) is 14.3 Å². The highest BCUT2D eigenvalue weighted by Crippen LogP contribution is 2.39. The molecule has 1 aromatic carbocycles. The molecule has 0 bridgehead atoms. The van der Waals surface area contributed by atoms with E-state index < -0.39 is 0 Å². The summed E-state index contributed by atoms with van der Waals surface area (Å²) in [5.41, 5.74) is 4.79. The largest absolute Gasteiger partial charge is 0.469 e. The SMILES string of the molecule is COC(=O)CC1CN(C(=O)c2cc(N3CCC(N(C(C)=O)c4cccnc4C)CC3)ncn2)c2ccc(C)cc21. The van der Waals surface area contributed by atoms with Crippen molar-refractivity contribution >= 4 is 35.0 Å². The molecule has 0 N–H and O–H groups in total. The Kier molecular flexibility index (Phi) is 7.77. The van der Waals surface area contributed by atoms with E-state index in [1.807, 2.05) is 49.1 Å². The number of ether oxygens (including phenoxy) is 1. The average Bonchev–Trinajstić information content (AvgIpc) is 3.31. The van der Waals surface area contributed by atoms with Gasteiger partial charge in [-0.25, -0.2) is 9.97 Å². The fourth-order valence-electron chi connectivity index (χ4n) is 5.80. The highest BCUT2D eigenvalue weighted by Gasteiger charge is 2.35. The molecule has 40 heavy (non-hydrogen) atoms. The number of hydrogen-bond donors (Lipinski definition) is 0. The third kappa shape index (κ3) is 5.38. The average molecular weight is 543 g/mol. The summed E-state index contributed by atoms with van der Waals surface area (Å²) in [4.78, 5) is 57.1. The molecule has 208 valence electrons. The first kappa shape index (κ1) is 27.2. The van der Waals surface area contributed by atoms with Crippen LogP contribution in [-0.4, -0.2) is 65.5 Å². The minimum atomic E-state index is -0.304. The molecule has 0 radical (unpaired) electrons. The third-order valence-electron chi connectivity index (χ3n) is 7.81. The van der Waals surface area contributed by atoms with Crippen LogP contribution in [0.3, 0.4) is 0 Å². The molecule has 0 saturated carbocycles. The van der Waals surface area contributed by atoms with Crippen molar-refractivity contribution in [1.29, 1.82) is 0 Å². The standard InChI is InChI=1S/C30H34N6O4/c1-19-7-8-27-24(14-19)22(15-29(38)40-4)17-35(27)30(39)25-16-28(33-18-32-25)34-12-9-23(10-13-34)36(21(3)37)26-6-5-11-31-20(26)2/h5-8,11,14,16,18,22-23H,9-10,12-13,15,17H2,1-4H3. The van der Waals surface area contributed by atoms with E-state index in [-0.39, 0.29) is 36.2 Å². The molecule has 10 nitrogen and oxygen atoms in total. The first-order chi connectivity index (χ1) is 19.3. The molecule has 5 rings (SSSR count). The topological polar surface area (TPSA) is 109 Å². The fourth-order valence-corrected chi connectivity index (χ4v) is 5.80. The monoisotopic (exact) mass is 542 g/mol. The molecule has 1 saturated heterocycles. The summed E-state index contributed by atoms with van der Waals surface area (Å²) in [7, 11) is 1.38. The number of benzene rings is 1. The maximum absolute atomic E-state index is 13.7. The van der Waals surface area contributed by atoms with Gasteiger partial charge in [0.2, 0.25) is 5.91 Å². The number of fused-ring (bicyclic) bond motifs is 1. The Hall–Kier alpha value is -4.34. The molecule has 1 fully saturated rings. The van der Waals surface area contributed by atoms with Gasteiger partial charge in [-0.05, 0) is 50.5 Å². The Morgan fingerprint density at radius 1 is 1.05 bits per heavy atom. The number of hydrogen-bond acceptors (Lipinski definition) is 8. The van der Waals surface area contributed by atoms with Gasteiger partial charge in [-0.1, -0.05) is 17.7 Å². The summed E-state index contributed by atoms with van der Waals surface area (Å²) in [5, 5.41) is 0. The number of anilines is 3. The smallest absolute Gasteiger partial charge is 0.306 e. The maximum atomic E-state index is 13.7. The van der Waals surface area contributed by atoms with Crippen molar-refractivity contribution in [2.75, 3.05) is 41.4 Å². The van der Waals surface area contributed by atoms with E-state index in [0.717, 1.165) is 41.0 Å². The molecule has 3 aromatic rings. The number of carbonyl (C=O) groups excluding carboxylic acids is 3. The van der Waals surface area contributed by atoms with E-state index in [0.29, 0.717) is 31.1 Å². The summed E-state index contributed by atoms with van der Waals surface area (Å²) in [6.45, 7) is 7.25. The van der Waals surface area contributed by atoms with Crippen LogP contribution in [0, 0.1) is 13.8 Å². The van der Waals surface area contributed by atoms with E-state index in [2.05, 4.69) is 19.9 Å². The molecule has 4 heterocycles. The highest BCUT2D eigenvalue weighted by atomic mass is 16.5. The van der Waals surface area contributed by atoms with Crippen LogP contribution < -0.4 is 14.7 Å². The van der Waals surface area contributed by atoms with Crippen molar-refractivity contribution in [2.24, 2.45) is 0 Å². The van der Waals surface area contributed by atoms with E-state index in [4.69, 9.17) is 4.74 Å². The van der Waals surface area contributed by atoms with Crippen molar-refractivity contribution in [2.45, 2.75) is 52.0 Å². The lowest BCUT2D eigenvalue weighted by Crippen LogP contribution is -2.47. The van der Waals surface area contributed by atoms with Crippen molar-refractivity contribution in [3.8, 4) is 0 Å². The summed E-state index contributed by atoms with van der Waals surface area (Å²) in [6, 6.07) is 11.5. The van der Waals surface area contributed by atoms with Crippen LogP contribution in [0.1, 0.15) is 59.4 Å². The Bertz CT molecular complexity index is 1440. The summed E-state index contributed by atoms with van der Waals surface area (Å²) >= 11 is 0. The Morgan fingerprint density at radius 3 is 2.52 bits per heavy atom. The number of piperidine rings is 1. The second-order valence-corrected chi connectivity index (χ2v) is 10.4. The lowest BCUT2D eigenvalue weighted by molar-refractivity contribution is -0.141. The zero-order valence-corrected chi connectivity index (χ0v) is 23.3. The van der Waals surface area contributed by atoms with Gasteiger partial charge in [-0.15, -0.1) is 0 Å². The normalized spacial score (nSPS) is 16.9. The molecule has 1 atom stereocenters. The van der Waals surface area contributed by atoms with E-state index in [9.17, 15) is 14.4 Å². The van der Waals surface area contributed by atoms with Crippen LogP contribution in [0.25, 0.3) is 0 Å². The van der Waals surface area contributed by atoms with Gasteiger partial charge in [0.05, 0.1) is 24.9 Å². The second kappa shape index (κ2) is 11.4. The molecule has 0 spiro atoms. The van der Waals surface area contributed by atoms with Crippen LogP contribution in [0.4, 0.5) is 17.2 Å². The van der Waals surface area contributed by atoms with Gasteiger partial charge in [0.25, 0.3) is 5.91 Å². The molecular weight excluding hydrogens is 508 g/mol. The van der Waals surface area contributed by atoms with Crippen molar-refractivity contribution in [1.82, 2.24) is 15.0 Å². The van der Waals surface area contributed by atoms with E-state index in [1.165, 1.54) is 13.4 Å².